The summed E-state index contributed by atoms with van der Waals surface area (Å²) in [6, 6.07) is 2.98. The van der Waals surface area contributed by atoms with Crippen molar-refractivity contribution in [2.24, 2.45) is 0 Å². The van der Waals surface area contributed by atoms with Crippen LogP contribution in [-0.4, -0.2) is 24.8 Å². The minimum atomic E-state index is -0.829. The lowest BCUT2D eigenvalue weighted by atomic mass is 10.2. The van der Waals surface area contributed by atoms with Gasteiger partial charge in [-0.2, -0.15) is 0 Å². The monoisotopic (exact) mass is 434 g/mol. The van der Waals surface area contributed by atoms with Crippen LogP contribution in [-0.2, 0) is 9.53 Å². The molecule has 23 heavy (non-hydrogen) atoms. The number of carbonyl (C=O) groups excluding carboxylic acids is 2. The molecule has 0 aliphatic rings. The van der Waals surface area contributed by atoms with Crippen LogP contribution in [0.3, 0.4) is 0 Å². The molecule has 0 bridgehead atoms. The molecule has 7 heteroatoms. The Hall–Kier alpha value is -1.77. The SMILES string of the molecule is C=C(C)C(=O)Oc1cc(I)c(OC(=O)OC(C)(C)C)cc1OC. The summed E-state index contributed by atoms with van der Waals surface area (Å²) < 4.78 is 21.2. The number of esters is 1. The van der Waals surface area contributed by atoms with Gasteiger partial charge in [0.25, 0.3) is 0 Å². The van der Waals surface area contributed by atoms with Crippen LogP contribution < -0.4 is 14.2 Å². The molecule has 0 fully saturated rings. The minimum Gasteiger partial charge on any atom is -0.493 e. The molecule has 0 heterocycles. The summed E-state index contributed by atoms with van der Waals surface area (Å²) in [6.45, 7) is 10.3. The highest BCUT2D eigenvalue weighted by Crippen LogP contribution is 2.36. The van der Waals surface area contributed by atoms with Crippen molar-refractivity contribution in [1.82, 2.24) is 0 Å². The Kier molecular flexibility index (Phi) is 6.43. The largest absolute Gasteiger partial charge is 0.514 e. The fourth-order valence-electron chi connectivity index (χ4n) is 1.38. The highest BCUT2D eigenvalue weighted by Gasteiger charge is 2.21. The molecule has 0 atom stereocenters. The van der Waals surface area contributed by atoms with E-state index in [1.54, 1.807) is 27.7 Å². The molecule has 0 spiro atoms. The van der Waals surface area contributed by atoms with E-state index in [1.807, 2.05) is 22.6 Å². The van der Waals surface area contributed by atoms with Gasteiger partial charge in [-0.1, -0.05) is 6.58 Å². The third kappa shape index (κ3) is 6.09. The average molecular weight is 434 g/mol. The topological polar surface area (TPSA) is 71.1 Å². The fourth-order valence-corrected chi connectivity index (χ4v) is 1.93. The lowest BCUT2D eigenvalue weighted by molar-refractivity contribution is -0.130. The summed E-state index contributed by atoms with van der Waals surface area (Å²) in [7, 11) is 1.41. The standard InChI is InChI=1S/C16H19IO6/c1-9(2)14(18)21-13-7-10(17)11(8-12(13)20-6)22-15(19)23-16(3,4)5/h7-8H,1H2,2-6H3. The second kappa shape index (κ2) is 7.67. The maximum atomic E-state index is 11.7. The molecule has 0 amide bonds. The van der Waals surface area contributed by atoms with Gasteiger partial charge < -0.3 is 18.9 Å². The van der Waals surface area contributed by atoms with Crippen molar-refractivity contribution in [3.8, 4) is 17.2 Å². The number of hydrogen-bond donors (Lipinski definition) is 0. The van der Waals surface area contributed by atoms with Crippen molar-refractivity contribution in [3.63, 3.8) is 0 Å². The first-order valence-corrected chi connectivity index (χ1v) is 7.77. The Morgan fingerprint density at radius 2 is 1.70 bits per heavy atom. The van der Waals surface area contributed by atoms with E-state index in [4.69, 9.17) is 18.9 Å². The zero-order chi connectivity index (χ0) is 17.8. The van der Waals surface area contributed by atoms with E-state index >= 15 is 0 Å². The molecule has 0 aliphatic carbocycles. The van der Waals surface area contributed by atoms with Crippen molar-refractivity contribution in [3.05, 3.63) is 27.9 Å². The Balaban J connectivity index is 3.02. The van der Waals surface area contributed by atoms with Crippen molar-refractivity contribution in [2.75, 3.05) is 7.11 Å². The van der Waals surface area contributed by atoms with Gasteiger partial charge in [-0.3, -0.25) is 0 Å². The van der Waals surface area contributed by atoms with Crippen LogP contribution in [0.25, 0.3) is 0 Å². The average Bonchev–Trinajstić information content (AvgIpc) is 2.39. The molecule has 6 nitrogen and oxygen atoms in total. The minimum absolute atomic E-state index is 0.210. The van der Waals surface area contributed by atoms with Gasteiger partial charge in [0.05, 0.1) is 10.7 Å². The molecule has 0 N–H and O–H groups in total. The summed E-state index contributed by atoms with van der Waals surface area (Å²) >= 11 is 1.95. The predicted octanol–water partition coefficient (Wildman–Crippen LogP) is 4.10. The van der Waals surface area contributed by atoms with E-state index in [1.165, 1.54) is 19.2 Å². The lowest BCUT2D eigenvalue weighted by Gasteiger charge is -2.19. The molecule has 0 aliphatic heterocycles. The highest BCUT2D eigenvalue weighted by atomic mass is 127. The molecule has 1 rings (SSSR count). The normalized spacial score (nSPS) is 10.7. The summed E-state index contributed by atoms with van der Waals surface area (Å²) in [5.74, 6) is 0.131. The van der Waals surface area contributed by atoms with Crippen LogP contribution in [0.15, 0.2) is 24.3 Å². The summed E-state index contributed by atoms with van der Waals surface area (Å²) in [4.78, 5) is 23.4. The molecule has 126 valence electrons. The number of rotatable bonds is 4. The van der Waals surface area contributed by atoms with E-state index in [0.29, 0.717) is 3.57 Å². The summed E-state index contributed by atoms with van der Waals surface area (Å²) in [5, 5.41) is 0. The first-order chi connectivity index (χ1) is 10.5. The third-order valence-corrected chi connectivity index (χ3v) is 3.20. The van der Waals surface area contributed by atoms with Gasteiger partial charge in [0.15, 0.2) is 17.2 Å². The molecule has 0 saturated carbocycles. The van der Waals surface area contributed by atoms with E-state index in [0.717, 1.165) is 0 Å². The quantitative estimate of drug-likeness (QED) is 0.234. The van der Waals surface area contributed by atoms with Gasteiger partial charge in [-0.25, -0.2) is 9.59 Å². The maximum absolute atomic E-state index is 11.7. The predicted molar refractivity (Wildman–Crippen MR) is 93.0 cm³/mol. The fraction of sp³-hybridized carbons (Fsp3) is 0.375. The molecule has 0 radical (unpaired) electrons. The first-order valence-electron chi connectivity index (χ1n) is 6.69. The van der Waals surface area contributed by atoms with E-state index < -0.39 is 17.7 Å². The van der Waals surface area contributed by atoms with Gasteiger partial charge >= 0.3 is 12.1 Å². The number of methoxy groups -OCH3 is 1. The van der Waals surface area contributed by atoms with Crippen molar-refractivity contribution < 1.29 is 28.5 Å². The Morgan fingerprint density at radius 3 is 2.17 bits per heavy atom. The lowest BCUT2D eigenvalue weighted by Crippen LogP contribution is -2.26. The van der Waals surface area contributed by atoms with Crippen LogP contribution >= 0.6 is 22.6 Å². The maximum Gasteiger partial charge on any atom is 0.514 e. The number of carbonyl (C=O) groups is 2. The van der Waals surface area contributed by atoms with Crippen LogP contribution in [0.5, 0.6) is 17.2 Å². The van der Waals surface area contributed by atoms with Gasteiger partial charge in [-0.15, -0.1) is 0 Å². The van der Waals surface area contributed by atoms with Gasteiger partial charge in [0, 0.05) is 17.7 Å². The Labute approximate surface area is 148 Å². The van der Waals surface area contributed by atoms with Gasteiger partial charge in [0.1, 0.15) is 5.60 Å². The molecule has 1 aromatic rings. The first kappa shape index (κ1) is 19.3. The third-order valence-electron chi connectivity index (χ3n) is 2.35. The van der Waals surface area contributed by atoms with E-state index in [2.05, 4.69) is 6.58 Å². The van der Waals surface area contributed by atoms with Crippen LogP contribution in [0.4, 0.5) is 4.79 Å². The Bertz CT molecular complexity index is 630. The number of hydrogen-bond acceptors (Lipinski definition) is 6. The van der Waals surface area contributed by atoms with Crippen molar-refractivity contribution >= 4 is 34.7 Å². The summed E-state index contributed by atoms with van der Waals surface area (Å²) in [5.41, 5.74) is -0.403. The summed E-state index contributed by atoms with van der Waals surface area (Å²) in [6.07, 6.45) is -0.829. The zero-order valence-corrected chi connectivity index (χ0v) is 15.8. The van der Waals surface area contributed by atoms with Gasteiger partial charge in [-0.05, 0) is 50.3 Å². The van der Waals surface area contributed by atoms with Crippen LogP contribution in [0, 0.1) is 3.57 Å². The molecule has 0 saturated heterocycles. The second-order valence-corrected chi connectivity index (χ2v) is 6.83. The molecule has 1 aromatic carbocycles. The molecular formula is C16H19IO6. The van der Waals surface area contributed by atoms with Crippen molar-refractivity contribution in [2.45, 2.75) is 33.3 Å². The van der Waals surface area contributed by atoms with Crippen molar-refractivity contribution in [1.29, 1.82) is 0 Å². The second-order valence-electron chi connectivity index (χ2n) is 5.67. The van der Waals surface area contributed by atoms with Gasteiger partial charge in [0.2, 0.25) is 0 Å². The molecule has 0 unspecified atom stereocenters. The molecule has 0 aromatic heterocycles. The van der Waals surface area contributed by atoms with Crippen LogP contribution in [0.1, 0.15) is 27.7 Å². The highest BCUT2D eigenvalue weighted by molar-refractivity contribution is 14.1. The number of halogens is 1. The van der Waals surface area contributed by atoms with E-state index in [-0.39, 0.29) is 22.8 Å². The number of ether oxygens (including phenoxy) is 4. The molecular weight excluding hydrogens is 415 g/mol. The smallest absolute Gasteiger partial charge is 0.493 e. The number of benzene rings is 1. The zero-order valence-electron chi connectivity index (χ0n) is 13.7. The Morgan fingerprint density at radius 1 is 1.09 bits per heavy atom. The van der Waals surface area contributed by atoms with E-state index in [9.17, 15) is 9.59 Å². The van der Waals surface area contributed by atoms with Crippen LogP contribution in [0.2, 0.25) is 0 Å².